The van der Waals surface area contributed by atoms with Gasteiger partial charge >= 0.3 is 31.7 Å². The van der Waals surface area contributed by atoms with Gasteiger partial charge in [0.1, 0.15) is 42.6 Å². The first-order valence-corrected chi connectivity index (χ1v) is 34.9. The largest absolute Gasteiger partial charge is 0.475 e. The number of hydrogen-bond donors (Lipinski definition) is 2. The Labute approximate surface area is 504 Å². The van der Waals surface area contributed by atoms with Crippen LogP contribution >= 0.6 is 7.82 Å². The molecule has 5 rings (SSSR count). The first-order chi connectivity index (χ1) is 40.2. The summed E-state index contributed by atoms with van der Waals surface area (Å²) in [4.78, 5) is 82.1. The molecule has 21 nitrogen and oxygen atoms in total. The lowest BCUT2D eigenvalue weighted by Gasteiger charge is -2.49. The summed E-state index contributed by atoms with van der Waals surface area (Å²) in [5.74, 6) is -4.19. The zero-order valence-electron chi connectivity index (χ0n) is 52.6. The molecule has 2 amide bonds. The number of rotatable bonds is 31. The van der Waals surface area contributed by atoms with Gasteiger partial charge in [0, 0.05) is 31.6 Å². The van der Waals surface area contributed by atoms with Gasteiger partial charge in [-0.15, -0.1) is 0 Å². The van der Waals surface area contributed by atoms with Gasteiger partial charge in [0.15, 0.2) is 27.0 Å². The highest BCUT2D eigenvalue weighted by Crippen LogP contribution is 2.55. The highest BCUT2D eigenvalue weighted by atomic mass is 31.2. The first-order valence-electron chi connectivity index (χ1n) is 30.5. The van der Waals surface area contributed by atoms with Gasteiger partial charge in [-0.2, -0.15) is 0 Å². The van der Waals surface area contributed by atoms with Crippen molar-refractivity contribution in [3.8, 4) is 0 Å². The summed E-state index contributed by atoms with van der Waals surface area (Å²) in [6.45, 7) is 25.8. The van der Waals surface area contributed by atoms with Crippen LogP contribution in [-0.2, 0) is 109 Å². The smallest absolute Gasteiger partial charge is 0.462 e. The summed E-state index contributed by atoms with van der Waals surface area (Å²) in [5.41, 5.74) is 2.25. The molecule has 0 aliphatic carbocycles. The van der Waals surface area contributed by atoms with E-state index in [0.717, 1.165) is 5.56 Å². The Morgan fingerprint density at radius 1 is 0.624 bits per heavy atom. The molecule has 2 saturated heterocycles. The molecule has 0 aromatic heterocycles. The topological polar surface area (TPSA) is 254 Å². The standard InChI is InChI=1S/C62H97N2O19PSi/c1-15-39(7)30-53(69)80-57-41(9)47(78-61(83-85(13,14)62(10,11)12)55(57)63-49(65)32-45(17-3)76-51(67)19-5)38-73-60-56(64-50(66)33-46(18-4)77-52(68)20-6)59(81-54(70)31-40(8)16-2)58(48(79-60)37-72-34-42-26-22-21-23-27-42)82-84(71)74-35-43-28-24-25-29-44(43)36-75-84/h21-29,39-41,45-48,55-61H,15-20,30-38H2,1-14H3,(H,63,65)(H,64,66)/t39-,40-,41-,45-,46-,47?,48?,55?,56?,57+,58-,59-,60-,61+/m1/s1. The predicted molar refractivity (Wildman–Crippen MR) is 317 cm³/mol. The number of amides is 2. The Morgan fingerprint density at radius 3 is 1.59 bits per heavy atom. The van der Waals surface area contributed by atoms with Crippen molar-refractivity contribution in [3.63, 3.8) is 0 Å². The maximum atomic E-state index is 15.0. The van der Waals surface area contributed by atoms with E-state index < -0.39 is 125 Å². The number of carbonyl (C=O) groups is 6. The summed E-state index contributed by atoms with van der Waals surface area (Å²) in [6, 6.07) is 14.1. The number of phosphoric ester groups is 1. The van der Waals surface area contributed by atoms with Crippen LogP contribution in [0, 0.1) is 17.8 Å². The molecule has 0 radical (unpaired) electrons. The number of phosphoric acid groups is 1. The second kappa shape index (κ2) is 33.7. The van der Waals surface area contributed by atoms with E-state index in [2.05, 4.69) is 31.4 Å². The van der Waals surface area contributed by atoms with Crippen LogP contribution in [0.2, 0.25) is 18.1 Å². The third-order valence-corrected chi connectivity index (χ3v) is 22.2. The molecular weight excluding hydrogens is 1140 g/mol. The molecule has 2 fully saturated rings. The number of esters is 4. The van der Waals surface area contributed by atoms with Gasteiger partial charge in [0.05, 0.1) is 52.0 Å². The normalized spacial score (nSPS) is 25.6. The Bertz CT molecular complexity index is 2480. The van der Waals surface area contributed by atoms with Crippen LogP contribution in [0.5, 0.6) is 0 Å². The van der Waals surface area contributed by atoms with E-state index in [9.17, 15) is 33.3 Å². The van der Waals surface area contributed by atoms with Gasteiger partial charge < -0.3 is 53.0 Å². The SMILES string of the molecule is CCC(=O)O[C@H](CC)CC(=O)NC1[C@H](O[Si](C)(C)C(C)(C)C)OC(CO[C@@H]2OC(COCc3ccccc3)[C@@H](OP3(=O)OCc4ccccc4CO3)[C@H](OC(=O)C[C@H](C)CC)C2NC(=O)C[C@@H](CC)OC(=O)CC)[C@@H](C)[C@@H]1OC(=O)C[C@H](C)CC. The minimum absolute atomic E-state index is 0.0326. The number of benzene rings is 2. The molecule has 14 atom stereocenters. The second-order valence-corrected chi connectivity index (χ2v) is 30.6. The Morgan fingerprint density at radius 2 is 1.11 bits per heavy atom. The predicted octanol–water partition coefficient (Wildman–Crippen LogP) is 10.5. The molecule has 0 bridgehead atoms. The average Bonchev–Trinajstić information content (AvgIpc) is 1.63. The third kappa shape index (κ3) is 21.6. The average molecular weight is 1230 g/mol. The summed E-state index contributed by atoms with van der Waals surface area (Å²) < 4.78 is 91.7. The molecule has 0 saturated carbocycles. The molecule has 0 spiro atoms. The van der Waals surface area contributed by atoms with Crippen molar-refractivity contribution in [2.24, 2.45) is 17.8 Å². The third-order valence-electron chi connectivity index (χ3n) is 16.4. The molecule has 3 heterocycles. The molecule has 4 unspecified atom stereocenters. The van der Waals surface area contributed by atoms with Gasteiger partial charge in [-0.25, -0.2) is 4.57 Å². The van der Waals surface area contributed by atoms with Crippen molar-refractivity contribution >= 4 is 51.8 Å². The van der Waals surface area contributed by atoms with E-state index in [4.69, 9.17) is 55.9 Å². The van der Waals surface area contributed by atoms with Crippen molar-refractivity contribution < 1.29 is 89.2 Å². The first kappa shape index (κ1) is 71.1. The second-order valence-electron chi connectivity index (χ2n) is 24.2. The maximum Gasteiger partial charge on any atom is 0.475 e. The maximum absolute atomic E-state index is 15.0. The van der Waals surface area contributed by atoms with Crippen molar-refractivity contribution in [2.75, 3.05) is 13.2 Å². The van der Waals surface area contributed by atoms with Crippen LogP contribution in [0.15, 0.2) is 54.6 Å². The lowest BCUT2D eigenvalue weighted by atomic mass is 9.88. The molecule has 85 heavy (non-hydrogen) atoms. The monoisotopic (exact) mass is 1230 g/mol. The molecule has 2 N–H and O–H groups in total. The fraction of sp³-hybridized carbons (Fsp3) is 0.710. The molecular formula is C62H97N2O19PSi. The zero-order chi connectivity index (χ0) is 62.6. The van der Waals surface area contributed by atoms with Crippen molar-refractivity contribution in [3.05, 3.63) is 71.3 Å². The van der Waals surface area contributed by atoms with Gasteiger partial charge in [-0.05, 0) is 59.5 Å². The van der Waals surface area contributed by atoms with Gasteiger partial charge in [-0.3, -0.25) is 42.3 Å². The van der Waals surface area contributed by atoms with Crippen LogP contribution in [0.4, 0.5) is 0 Å². The minimum Gasteiger partial charge on any atom is -0.462 e. The van der Waals surface area contributed by atoms with E-state index in [-0.39, 0.29) is 94.9 Å². The van der Waals surface area contributed by atoms with Crippen LogP contribution in [0.3, 0.4) is 0 Å². The molecule has 478 valence electrons. The van der Waals surface area contributed by atoms with Crippen molar-refractivity contribution in [1.82, 2.24) is 10.6 Å². The Balaban J connectivity index is 1.63. The number of fused-ring (bicyclic) bond motifs is 1. The highest BCUT2D eigenvalue weighted by molar-refractivity contribution is 7.48. The van der Waals surface area contributed by atoms with Gasteiger partial charge in [0.25, 0.3) is 0 Å². The zero-order valence-corrected chi connectivity index (χ0v) is 54.5. The van der Waals surface area contributed by atoms with Crippen LogP contribution in [0.1, 0.15) is 164 Å². The van der Waals surface area contributed by atoms with Crippen molar-refractivity contribution in [2.45, 2.75) is 253 Å². The van der Waals surface area contributed by atoms with Crippen LogP contribution in [-0.4, -0.2) is 125 Å². The van der Waals surface area contributed by atoms with Crippen LogP contribution < -0.4 is 10.6 Å². The van der Waals surface area contributed by atoms with Gasteiger partial charge in [0.2, 0.25) is 11.8 Å². The van der Waals surface area contributed by atoms with E-state index in [1.807, 2.05) is 102 Å². The number of nitrogens with one attached hydrogen (secondary N) is 2. The molecule has 2 aromatic rings. The summed E-state index contributed by atoms with van der Waals surface area (Å²) in [7, 11) is -7.39. The van der Waals surface area contributed by atoms with E-state index >= 15 is 0 Å². The number of hydrogen-bond acceptors (Lipinski definition) is 19. The summed E-state index contributed by atoms with van der Waals surface area (Å²) >= 11 is 0. The fourth-order valence-electron chi connectivity index (χ4n) is 9.44. The van der Waals surface area contributed by atoms with E-state index in [0.29, 0.717) is 30.4 Å². The quantitative estimate of drug-likeness (QED) is 0.0308. The Kier molecular flexibility index (Phi) is 28.2. The van der Waals surface area contributed by atoms with Crippen molar-refractivity contribution in [1.29, 1.82) is 0 Å². The lowest BCUT2D eigenvalue weighted by Crippen LogP contribution is -2.67. The molecule has 3 aliphatic heterocycles. The molecule has 23 heteroatoms. The van der Waals surface area contributed by atoms with E-state index in [1.165, 1.54) is 0 Å². The number of ether oxygens (including phenoxy) is 8. The lowest BCUT2D eigenvalue weighted by molar-refractivity contribution is -0.293. The molecule has 3 aliphatic rings. The summed E-state index contributed by atoms with van der Waals surface area (Å²) in [5, 5.41) is 5.67. The fourth-order valence-corrected chi connectivity index (χ4v) is 11.9. The van der Waals surface area contributed by atoms with Crippen LogP contribution in [0.25, 0.3) is 0 Å². The molecule has 2 aromatic carbocycles. The number of carbonyl (C=O) groups excluding carboxylic acids is 6. The van der Waals surface area contributed by atoms with Gasteiger partial charge in [-0.1, -0.05) is 151 Å². The highest BCUT2D eigenvalue weighted by Gasteiger charge is 2.56. The summed E-state index contributed by atoms with van der Waals surface area (Å²) in [6.07, 6.45) is -9.06. The van der Waals surface area contributed by atoms with E-state index in [1.54, 1.807) is 27.7 Å². The Hall–Kier alpha value is -4.61. The minimum atomic E-state index is -4.59.